The first-order valence-electron chi connectivity index (χ1n) is 5.30. The Balaban J connectivity index is 2.42. The number of rotatable bonds is 2. The maximum atomic E-state index is 10.9. The van der Waals surface area contributed by atoms with E-state index in [1.165, 1.54) is 6.07 Å². The van der Waals surface area contributed by atoms with Gasteiger partial charge in [0.05, 0.1) is 16.1 Å². The summed E-state index contributed by atoms with van der Waals surface area (Å²) in [6.45, 7) is 1.37. The van der Waals surface area contributed by atoms with Crippen molar-refractivity contribution < 1.29 is 10.0 Å². The molecular formula is C11H14N2O3. The van der Waals surface area contributed by atoms with Gasteiger partial charge in [-0.3, -0.25) is 10.1 Å². The lowest BCUT2D eigenvalue weighted by Crippen LogP contribution is -2.40. The van der Waals surface area contributed by atoms with Gasteiger partial charge in [0.2, 0.25) is 0 Å². The van der Waals surface area contributed by atoms with Crippen LogP contribution in [0.25, 0.3) is 0 Å². The molecule has 0 amide bonds. The van der Waals surface area contributed by atoms with E-state index in [-0.39, 0.29) is 5.69 Å². The number of aliphatic hydroxyl groups is 1. The van der Waals surface area contributed by atoms with Crippen LogP contribution < -0.4 is 5.32 Å². The molecule has 0 saturated carbocycles. The average molecular weight is 222 g/mol. The van der Waals surface area contributed by atoms with Crippen molar-refractivity contribution in [2.45, 2.75) is 18.4 Å². The third-order valence-corrected chi connectivity index (χ3v) is 3.03. The Morgan fingerprint density at radius 2 is 1.94 bits per heavy atom. The van der Waals surface area contributed by atoms with Crippen LogP contribution in [0.5, 0.6) is 0 Å². The van der Waals surface area contributed by atoms with Crippen LogP contribution in [0.15, 0.2) is 24.3 Å². The zero-order valence-corrected chi connectivity index (χ0v) is 8.85. The Morgan fingerprint density at radius 1 is 1.31 bits per heavy atom. The second kappa shape index (κ2) is 4.19. The lowest BCUT2D eigenvalue weighted by molar-refractivity contribution is -0.386. The summed E-state index contributed by atoms with van der Waals surface area (Å²) in [6.07, 6.45) is 1.02. The molecule has 5 nitrogen and oxygen atoms in total. The first-order valence-corrected chi connectivity index (χ1v) is 5.30. The van der Waals surface area contributed by atoms with Gasteiger partial charge in [0.15, 0.2) is 0 Å². The van der Waals surface area contributed by atoms with Gasteiger partial charge in [0.1, 0.15) is 0 Å². The highest BCUT2D eigenvalue weighted by Crippen LogP contribution is 2.35. The first-order chi connectivity index (χ1) is 7.63. The molecule has 5 heteroatoms. The van der Waals surface area contributed by atoms with E-state index in [4.69, 9.17) is 0 Å². The van der Waals surface area contributed by atoms with Crippen molar-refractivity contribution >= 4 is 5.69 Å². The quantitative estimate of drug-likeness (QED) is 0.581. The molecule has 86 valence electrons. The normalized spacial score (nSPS) is 19.3. The highest BCUT2D eigenvalue weighted by Gasteiger charge is 2.36. The minimum absolute atomic E-state index is 0.00639. The molecular weight excluding hydrogens is 208 g/mol. The summed E-state index contributed by atoms with van der Waals surface area (Å²) in [4.78, 5) is 10.5. The molecule has 0 aromatic heterocycles. The van der Waals surface area contributed by atoms with Gasteiger partial charge in [-0.1, -0.05) is 12.1 Å². The van der Waals surface area contributed by atoms with E-state index in [1.54, 1.807) is 18.2 Å². The van der Waals surface area contributed by atoms with Crippen LogP contribution in [0.2, 0.25) is 0 Å². The number of benzene rings is 1. The lowest BCUT2D eigenvalue weighted by Gasteiger charge is -2.32. The SMILES string of the molecule is O=[N+]([O-])c1ccccc1C1(O)CCNCC1. The third-order valence-electron chi connectivity index (χ3n) is 3.03. The Bertz CT molecular complexity index is 400. The second-order valence-electron chi connectivity index (χ2n) is 4.06. The second-order valence-corrected chi connectivity index (χ2v) is 4.06. The summed E-state index contributed by atoms with van der Waals surface area (Å²) in [6, 6.07) is 6.42. The largest absolute Gasteiger partial charge is 0.385 e. The number of nitro benzene ring substituents is 1. The van der Waals surface area contributed by atoms with Crippen molar-refractivity contribution in [1.82, 2.24) is 5.32 Å². The maximum absolute atomic E-state index is 10.9. The van der Waals surface area contributed by atoms with Crippen LogP contribution in [0.4, 0.5) is 5.69 Å². The molecule has 1 aliphatic rings. The molecule has 0 unspecified atom stereocenters. The van der Waals surface area contributed by atoms with Crippen molar-refractivity contribution in [1.29, 1.82) is 0 Å². The molecule has 2 N–H and O–H groups in total. The molecule has 1 fully saturated rings. The van der Waals surface area contributed by atoms with E-state index >= 15 is 0 Å². The number of para-hydroxylation sites is 1. The summed E-state index contributed by atoms with van der Waals surface area (Å²) in [5.41, 5.74) is -0.622. The molecule has 2 rings (SSSR count). The zero-order valence-electron chi connectivity index (χ0n) is 8.85. The number of piperidine rings is 1. The van der Waals surface area contributed by atoms with E-state index in [1.807, 2.05) is 0 Å². The van der Waals surface area contributed by atoms with Gasteiger partial charge in [-0.2, -0.15) is 0 Å². The minimum Gasteiger partial charge on any atom is -0.385 e. The molecule has 0 atom stereocenters. The third kappa shape index (κ3) is 1.91. The first kappa shape index (κ1) is 11.0. The fourth-order valence-corrected chi connectivity index (χ4v) is 2.14. The number of nitrogens with one attached hydrogen (secondary N) is 1. The van der Waals surface area contributed by atoms with Crippen molar-refractivity contribution in [3.63, 3.8) is 0 Å². The molecule has 1 aromatic rings. The fraction of sp³-hybridized carbons (Fsp3) is 0.455. The van der Waals surface area contributed by atoms with E-state index < -0.39 is 10.5 Å². The smallest absolute Gasteiger partial charge is 0.275 e. The van der Waals surface area contributed by atoms with Gasteiger partial charge in [-0.25, -0.2) is 0 Å². The Kier molecular flexibility index (Phi) is 2.89. The predicted octanol–water partition coefficient (Wildman–Crippen LogP) is 1.17. The fourth-order valence-electron chi connectivity index (χ4n) is 2.14. The van der Waals surface area contributed by atoms with Gasteiger partial charge in [-0.05, 0) is 32.0 Å². The van der Waals surface area contributed by atoms with Crippen LogP contribution in [0.3, 0.4) is 0 Å². The van der Waals surface area contributed by atoms with Crippen LogP contribution >= 0.6 is 0 Å². The topological polar surface area (TPSA) is 75.4 Å². The van der Waals surface area contributed by atoms with Gasteiger partial charge in [0, 0.05) is 6.07 Å². The number of hydrogen-bond donors (Lipinski definition) is 2. The van der Waals surface area contributed by atoms with Crippen LogP contribution in [-0.4, -0.2) is 23.1 Å². The predicted molar refractivity (Wildman–Crippen MR) is 59.1 cm³/mol. The number of hydrogen-bond acceptors (Lipinski definition) is 4. The van der Waals surface area contributed by atoms with Crippen molar-refractivity contribution in [2.24, 2.45) is 0 Å². The molecule has 0 bridgehead atoms. The number of nitrogens with zero attached hydrogens (tertiary/aromatic N) is 1. The number of nitro groups is 1. The minimum atomic E-state index is -1.06. The van der Waals surface area contributed by atoms with Gasteiger partial charge in [0.25, 0.3) is 5.69 Å². The highest BCUT2D eigenvalue weighted by molar-refractivity contribution is 5.44. The van der Waals surface area contributed by atoms with Crippen molar-refractivity contribution in [2.75, 3.05) is 13.1 Å². The Morgan fingerprint density at radius 3 is 2.56 bits per heavy atom. The molecule has 1 saturated heterocycles. The molecule has 1 heterocycles. The zero-order chi connectivity index (χ0) is 11.6. The summed E-state index contributed by atoms with van der Waals surface area (Å²) in [5.74, 6) is 0. The summed E-state index contributed by atoms with van der Waals surface area (Å²) in [5, 5.41) is 24.4. The average Bonchev–Trinajstić information content (AvgIpc) is 2.30. The Labute approximate surface area is 93.2 Å². The Hall–Kier alpha value is -1.46. The van der Waals surface area contributed by atoms with E-state index in [0.717, 1.165) is 0 Å². The molecule has 0 radical (unpaired) electrons. The van der Waals surface area contributed by atoms with Crippen molar-refractivity contribution in [3.8, 4) is 0 Å². The lowest BCUT2D eigenvalue weighted by atomic mass is 9.84. The monoisotopic (exact) mass is 222 g/mol. The van der Waals surface area contributed by atoms with Gasteiger partial charge >= 0.3 is 0 Å². The molecule has 0 spiro atoms. The van der Waals surface area contributed by atoms with Crippen LogP contribution in [0, 0.1) is 10.1 Å². The van der Waals surface area contributed by atoms with Crippen LogP contribution in [-0.2, 0) is 5.60 Å². The summed E-state index contributed by atoms with van der Waals surface area (Å²) >= 11 is 0. The summed E-state index contributed by atoms with van der Waals surface area (Å²) in [7, 11) is 0. The van der Waals surface area contributed by atoms with Crippen molar-refractivity contribution in [3.05, 3.63) is 39.9 Å². The van der Waals surface area contributed by atoms with E-state index in [2.05, 4.69) is 5.32 Å². The van der Waals surface area contributed by atoms with E-state index in [9.17, 15) is 15.2 Å². The van der Waals surface area contributed by atoms with E-state index in [0.29, 0.717) is 31.5 Å². The molecule has 1 aromatic carbocycles. The summed E-state index contributed by atoms with van der Waals surface area (Å²) < 4.78 is 0. The van der Waals surface area contributed by atoms with Gasteiger partial charge < -0.3 is 10.4 Å². The molecule has 0 aliphatic carbocycles. The highest BCUT2D eigenvalue weighted by atomic mass is 16.6. The standard InChI is InChI=1S/C11H14N2O3/c14-11(5-7-12-8-6-11)9-3-1-2-4-10(9)13(15)16/h1-4,12,14H,5-8H2. The molecule has 16 heavy (non-hydrogen) atoms. The molecule has 1 aliphatic heterocycles. The maximum Gasteiger partial charge on any atom is 0.275 e. The van der Waals surface area contributed by atoms with Gasteiger partial charge in [-0.15, -0.1) is 0 Å². The van der Waals surface area contributed by atoms with Crippen LogP contribution in [0.1, 0.15) is 18.4 Å².